The highest BCUT2D eigenvalue weighted by atomic mass is 16.3. The number of carbonyl (C=O) groups excluding carboxylic acids is 1. The van der Waals surface area contributed by atoms with Crippen LogP contribution in [0.25, 0.3) is 5.69 Å². The Balaban J connectivity index is 1.90. The first kappa shape index (κ1) is 16.5. The lowest BCUT2D eigenvalue weighted by Crippen LogP contribution is -2.21. The molecule has 0 aliphatic heterocycles. The SMILES string of the molecule is Cc1cc(O)n(-c2ccc(C(=O)Nc3ccccc3)cc2)c(=O)c1C. The molecule has 3 aromatic rings. The summed E-state index contributed by atoms with van der Waals surface area (Å²) in [7, 11) is 0. The van der Waals surface area contributed by atoms with E-state index < -0.39 is 0 Å². The number of rotatable bonds is 3. The molecule has 2 aromatic carbocycles. The van der Waals surface area contributed by atoms with Crippen LogP contribution in [0.2, 0.25) is 0 Å². The number of pyridine rings is 1. The molecule has 0 saturated carbocycles. The van der Waals surface area contributed by atoms with Gasteiger partial charge in [0.25, 0.3) is 11.5 Å². The van der Waals surface area contributed by atoms with E-state index in [4.69, 9.17) is 0 Å². The number of anilines is 1. The molecule has 126 valence electrons. The average molecular weight is 334 g/mol. The number of aromatic hydroxyl groups is 1. The fraction of sp³-hybridized carbons (Fsp3) is 0.100. The number of amides is 1. The van der Waals surface area contributed by atoms with Crippen LogP contribution in [-0.4, -0.2) is 15.6 Å². The number of nitrogens with zero attached hydrogens (tertiary/aromatic N) is 1. The third-order valence-corrected chi connectivity index (χ3v) is 4.11. The Labute approximate surface area is 145 Å². The lowest BCUT2D eigenvalue weighted by Gasteiger charge is -2.12. The van der Waals surface area contributed by atoms with Crippen LogP contribution >= 0.6 is 0 Å². The van der Waals surface area contributed by atoms with E-state index in [0.29, 0.717) is 22.5 Å². The Bertz CT molecular complexity index is 974. The molecule has 3 rings (SSSR count). The average Bonchev–Trinajstić information content (AvgIpc) is 2.61. The second-order valence-electron chi connectivity index (χ2n) is 5.82. The molecule has 1 heterocycles. The number of benzene rings is 2. The molecule has 0 unspecified atom stereocenters. The zero-order valence-electron chi connectivity index (χ0n) is 14.0. The van der Waals surface area contributed by atoms with Crippen molar-refractivity contribution in [1.82, 2.24) is 4.57 Å². The zero-order valence-corrected chi connectivity index (χ0v) is 14.0. The summed E-state index contributed by atoms with van der Waals surface area (Å²) in [6.07, 6.45) is 0. The second-order valence-corrected chi connectivity index (χ2v) is 5.82. The largest absolute Gasteiger partial charge is 0.494 e. The van der Waals surface area contributed by atoms with Gasteiger partial charge in [-0.1, -0.05) is 18.2 Å². The van der Waals surface area contributed by atoms with E-state index in [1.54, 1.807) is 56.3 Å². The molecule has 2 N–H and O–H groups in total. The predicted molar refractivity (Wildman–Crippen MR) is 97.6 cm³/mol. The summed E-state index contributed by atoms with van der Waals surface area (Å²) < 4.78 is 1.22. The van der Waals surface area contributed by atoms with E-state index in [-0.39, 0.29) is 17.3 Å². The first-order valence-corrected chi connectivity index (χ1v) is 7.86. The van der Waals surface area contributed by atoms with Crippen molar-refractivity contribution in [1.29, 1.82) is 0 Å². The molecule has 0 atom stereocenters. The van der Waals surface area contributed by atoms with Crippen molar-refractivity contribution >= 4 is 11.6 Å². The first-order valence-electron chi connectivity index (χ1n) is 7.86. The number of aryl methyl sites for hydroxylation is 1. The Kier molecular flexibility index (Phi) is 4.39. The van der Waals surface area contributed by atoms with E-state index in [0.717, 1.165) is 5.56 Å². The predicted octanol–water partition coefficient (Wildman–Crippen LogP) is 3.41. The van der Waals surface area contributed by atoms with Gasteiger partial charge in [0.2, 0.25) is 0 Å². The molecule has 0 aliphatic carbocycles. The van der Waals surface area contributed by atoms with Gasteiger partial charge >= 0.3 is 0 Å². The lowest BCUT2D eigenvalue weighted by atomic mass is 10.1. The van der Waals surface area contributed by atoms with Gasteiger partial charge in [-0.25, -0.2) is 4.57 Å². The third-order valence-electron chi connectivity index (χ3n) is 4.11. The van der Waals surface area contributed by atoms with Gasteiger partial charge in [0.15, 0.2) is 5.88 Å². The summed E-state index contributed by atoms with van der Waals surface area (Å²) in [6.45, 7) is 3.49. The van der Waals surface area contributed by atoms with E-state index in [1.807, 2.05) is 18.2 Å². The summed E-state index contributed by atoms with van der Waals surface area (Å²) in [5, 5.41) is 12.9. The van der Waals surface area contributed by atoms with Crippen molar-refractivity contribution in [3.8, 4) is 11.6 Å². The molecule has 1 amide bonds. The highest BCUT2D eigenvalue weighted by Gasteiger charge is 2.12. The topological polar surface area (TPSA) is 71.3 Å². The van der Waals surface area contributed by atoms with Gasteiger partial charge in [0.05, 0.1) is 5.69 Å². The molecule has 0 radical (unpaired) electrons. The van der Waals surface area contributed by atoms with E-state index in [9.17, 15) is 14.7 Å². The van der Waals surface area contributed by atoms with Crippen LogP contribution in [0.5, 0.6) is 5.88 Å². The van der Waals surface area contributed by atoms with Gasteiger partial charge in [0.1, 0.15) is 0 Å². The van der Waals surface area contributed by atoms with Gasteiger partial charge in [0, 0.05) is 22.9 Å². The normalized spacial score (nSPS) is 10.5. The van der Waals surface area contributed by atoms with Crippen LogP contribution in [0.1, 0.15) is 21.5 Å². The summed E-state index contributed by atoms with van der Waals surface area (Å²) in [4.78, 5) is 24.7. The number of nitrogens with one attached hydrogen (secondary N) is 1. The number of hydrogen-bond donors (Lipinski definition) is 2. The second kappa shape index (κ2) is 6.65. The molecule has 5 nitrogen and oxygen atoms in total. The number of hydrogen-bond acceptors (Lipinski definition) is 3. The molecular formula is C20H18N2O3. The fourth-order valence-electron chi connectivity index (χ4n) is 2.54. The Morgan fingerprint density at radius 1 is 1.00 bits per heavy atom. The minimum atomic E-state index is -0.279. The lowest BCUT2D eigenvalue weighted by molar-refractivity contribution is 0.102. The molecule has 0 saturated heterocycles. The van der Waals surface area contributed by atoms with E-state index in [2.05, 4.69) is 5.32 Å². The standard InChI is InChI=1S/C20H18N2O3/c1-13-12-18(23)22(20(25)14(13)2)17-10-8-15(9-11-17)19(24)21-16-6-4-3-5-7-16/h3-12,23H,1-2H3,(H,21,24). The van der Waals surface area contributed by atoms with Gasteiger partial charge in [-0.15, -0.1) is 0 Å². The number of carbonyl (C=O) groups is 1. The van der Waals surface area contributed by atoms with E-state index in [1.165, 1.54) is 4.57 Å². The monoisotopic (exact) mass is 334 g/mol. The molecule has 0 aliphatic rings. The van der Waals surface area contributed by atoms with Gasteiger partial charge in [-0.05, 0) is 55.8 Å². The van der Waals surface area contributed by atoms with Crippen molar-refractivity contribution in [3.63, 3.8) is 0 Å². The maximum Gasteiger partial charge on any atom is 0.261 e. The maximum absolute atomic E-state index is 12.4. The van der Waals surface area contributed by atoms with Crippen LogP contribution in [0.15, 0.2) is 65.5 Å². The molecule has 5 heteroatoms. The van der Waals surface area contributed by atoms with Crippen LogP contribution in [-0.2, 0) is 0 Å². The fourth-order valence-corrected chi connectivity index (χ4v) is 2.54. The summed E-state index contributed by atoms with van der Waals surface area (Å²) in [5.74, 6) is -0.371. The summed E-state index contributed by atoms with van der Waals surface area (Å²) >= 11 is 0. The van der Waals surface area contributed by atoms with Crippen molar-refractivity contribution in [2.24, 2.45) is 0 Å². The van der Waals surface area contributed by atoms with E-state index >= 15 is 0 Å². The Morgan fingerprint density at radius 2 is 1.64 bits per heavy atom. The quantitative estimate of drug-likeness (QED) is 0.771. The third kappa shape index (κ3) is 3.30. The van der Waals surface area contributed by atoms with Gasteiger partial charge in [-0.2, -0.15) is 0 Å². The number of aromatic nitrogens is 1. The van der Waals surface area contributed by atoms with Crippen LogP contribution in [0.4, 0.5) is 5.69 Å². The summed E-state index contributed by atoms with van der Waals surface area (Å²) in [5.41, 5.74) is 2.70. The maximum atomic E-state index is 12.4. The first-order chi connectivity index (χ1) is 12.0. The minimum Gasteiger partial charge on any atom is -0.494 e. The van der Waals surface area contributed by atoms with Gasteiger partial charge < -0.3 is 10.4 Å². The molecule has 1 aromatic heterocycles. The highest BCUT2D eigenvalue weighted by Crippen LogP contribution is 2.18. The molecule has 25 heavy (non-hydrogen) atoms. The smallest absolute Gasteiger partial charge is 0.261 e. The van der Waals surface area contributed by atoms with Gasteiger partial charge in [-0.3, -0.25) is 9.59 Å². The molecule has 0 spiro atoms. The Morgan fingerprint density at radius 3 is 2.28 bits per heavy atom. The van der Waals surface area contributed by atoms with Crippen molar-refractivity contribution in [2.45, 2.75) is 13.8 Å². The minimum absolute atomic E-state index is 0.130. The zero-order chi connectivity index (χ0) is 18.0. The van der Waals surface area contributed by atoms with Crippen LogP contribution in [0, 0.1) is 13.8 Å². The Hall–Kier alpha value is -3.34. The molecule has 0 fully saturated rings. The van der Waals surface area contributed by atoms with Crippen molar-refractivity contribution in [2.75, 3.05) is 5.32 Å². The summed E-state index contributed by atoms with van der Waals surface area (Å²) in [6, 6.07) is 17.2. The van der Waals surface area contributed by atoms with Crippen molar-refractivity contribution in [3.05, 3.63) is 87.7 Å². The number of para-hydroxylation sites is 1. The van der Waals surface area contributed by atoms with Crippen LogP contribution in [0.3, 0.4) is 0 Å². The van der Waals surface area contributed by atoms with Crippen LogP contribution < -0.4 is 10.9 Å². The highest BCUT2D eigenvalue weighted by molar-refractivity contribution is 6.04. The van der Waals surface area contributed by atoms with Crippen molar-refractivity contribution < 1.29 is 9.90 Å². The molecular weight excluding hydrogens is 316 g/mol. The molecule has 0 bridgehead atoms.